The number of methoxy groups -OCH3 is 1. The van der Waals surface area contributed by atoms with E-state index in [1.54, 1.807) is 6.07 Å². The van der Waals surface area contributed by atoms with E-state index < -0.39 is 4.92 Å². The zero-order valence-corrected chi connectivity index (χ0v) is 14.1. The van der Waals surface area contributed by atoms with Crippen LogP contribution in [0.5, 0.6) is 11.5 Å². The van der Waals surface area contributed by atoms with E-state index in [9.17, 15) is 10.1 Å². The highest BCUT2D eigenvalue weighted by atomic mass is 32.1. The maximum Gasteiger partial charge on any atom is 0.273 e. The molecule has 0 aliphatic carbocycles. The Morgan fingerprint density at radius 3 is 2.46 bits per heavy atom. The number of anilines is 2. The average Bonchev–Trinajstić information content (AvgIpc) is 2.57. The van der Waals surface area contributed by atoms with E-state index in [4.69, 9.17) is 21.7 Å². The van der Waals surface area contributed by atoms with Crippen LogP contribution in [0.25, 0.3) is 0 Å². The summed E-state index contributed by atoms with van der Waals surface area (Å²) in [6.07, 6.45) is 0. The number of non-ortho nitro benzene ring substituents is 1. The van der Waals surface area contributed by atoms with Crippen molar-refractivity contribution in [2.24, 2.45) is 0 Å². The molecule has 8 heteroatoms. The topological polar surface area (TPSA) is 85.7 Å². The monoisotopic (exact) mass is 347 g/mol. The molecule has 0 fully saturated rings. The van der Waals surface area contributed by atoms with Gasteiger partial charge in [0.05, 0.1) is 36.1 Å². The van der Waals surface area contributed by atoms with Crippen molar-refractivity contribution in [3.8, 4) is 11.5 Å². The van der Waals surface area contributed by atoms with E-state index in [1.807, 2.05) is 31.2 Å². The molecule has 0 bridgehead atoms. The summed E-state index contributed by atoms with van der Waals surface area (Å²) >= 11 is 5.29. The Bertz CT molecular complexity index is 752. The van der Waals surface area contributed by atoms with Gasteiger partial charge in [0.15, 0.2) is 5.11 Å². The van der Waals surface area contributed by atoms with E-state index >= 15 is 0 Å². The number of benzene rings is 2. The maximum absolute atomic E-state index is 10.8. The lowest BCUT2D eigenvalue weighted by Gasteiger charge is -2.15. The van der Waals surface area contributed by atoms with Crippen molar-refractivity contribution in [1.82, 2.24) is 0 Å². The number of nitro benzene ring substituents is 1. The SMILES string of the molecule is CCOc1ccccc1NC(=S)Nc1ccc([N+](=O)[O-])cc1OC. The smallest absolute Gasteiger partial charge is 0.273 e. The first kappa shape index (κ1) is 17.5. The number of nitrogens with zero attached hydrogens (tertiary/aromatic N) is 1. The van der Waals surface area contributed by atoms with Crippen LogP contribution in [0.4, 0.5) is 17.1 Å². The number of hydrogen-bond donors (Lipinski definition) is 2. The van der Waals surface area contributed by atoms with Crippen molar-refractivity contribution in [3.05, 3.63) is 52.6 Å². The molecular weight excluding hydrogens is 330 g/mol. The number of nitrogens with one attached hydrogen (secondary N) is 2. The molecule has 2 N–H and O–H groups in total. The van der Waals surface area contributed by atoms with Crippen LogP contribution in [-0.4, -0.2) is 23.8 Å². The second-order valence-corrected chi connectivity index (χ2v) is 5.06. The lowest BCUT2D eigenvalue weighted by molar-refractivity contribution is -0.384. The molecule has 0 amide bonds. The fraction of sp³-hybridized carbons (Fsp3) is 0.188. The van der Waals surface area contributed by atoms with E-state index in [0.717, 1.165) is 5.69 Å². The summed E-state index contributed by atoms with van der Waals surface area (Å²) in [5, 5.41) is 17.1. The van der Waals surface area contributed by atoms with Crippen molar-refractivity contribution in [2.75, 3.05) is 24.4 Å². The van der Waals surface area contributed by atoms with Crippen LogP contribution in [0.15, 0.2) is 42.5 Å². The van der Waals surface area contributed by atoms with Gasteiger partial charge in [0, 0.05) is 6.07 Å². The molecule has 2 aromatic rings. The van der Waals surface area contributed by atoms with Gasteiger partial charge in [-0.1, -0.05) is 12.1 Å². The van der Waals surface area contributed by atoms with Crippen molar-refractivity contribution in [2.45, 2.75) is 6.92 Å². The summed E-state index contributed by atoms with van der Waals surface area (Å²) in [5.74, 6) is 1.01. The van der Waals surface area contributed by atoms with Crippen LogP contribution in [0.2, 0.25) is 0 Å². The molecule has 0 unspecified atom stereocenters. The largest absolute Gasteiger partial charge is 0.494 e. The van der Waals surface area contributed by atoms with E-state index in [-0.39, 0.29) is 5.69 Å². The minimum atomic E-state index is -0.485. The third-order valence-corrected chi connectivity index (χ3v) is 3.28. The lowest BCUT2D eigenvalue weighted by Crippen LogP contribution is -2.20. The molecule has 0 saturated carbocycles. The molecule has 24 heavy (non-hydrogen) atoms. The number of rotatable bonds is 6. The molecule has 0 spiro atoms. The first-order chi connectivity index (χ1) is 11.5. The van der Waals surface area contributed by atoms with Gasteiger partial charge in [-0.3, -0.25) is 10.1 Å². The van der Waals surface area contributed by atoms with Gasteiger partial charge in [-0.2, -0.15) is 0 Å². The molecular formula is C16H17N3O4S. The van der Waals surface area contributed by atoms with Gasteiger partial charge in [0.2, 0.25) is 0 Å². The summed E-state index contributed by atoms with van der Waals surface area (Å²) in [6.45, 7) is 2.43. The highest BCUT2D eigenvalue weighted by molar-refractivity contribution is 7.80. The Balaban J connectivity index is 2.14. The number of para-hydroxylation sites is 2. The van der Waals surface area contributed by atoms with Gasteiger partial charge in [-0.25, -0.2) is 0 Å². The van der Waals surface area contributed by atoms with Crippen molar-refractivity contribution >= 4 is 34.4 Å². The molecule has 0 atom stereocenters. The number of ether oxygens (including phenoxy) is 2. The maximum atomic E-state index is 10.8. The number of hydrogen-bond acceptors (Lipinski definition) is 5. The second-order valence-electron chi connectivity index (χ2n) is 4.65. The molecule has 0 saturated heterocycles. The second kappa shape index (κ2) is 8.11. The summed E-state index contributed by atoms with van der Waals surface area (Å²) in [7, 11) is 1.44. The molecule has 0 aliphatic rings. The molecule has 0 aliphatic heterocycles. The molecule has 2 aromatic carbocycles. The van der Waals surface area contributed by atoms with Gasteiger partial charge < -0.3 is 20.1 Å². The predicted octanol–water partition coefficient (Wildman–Crippen LogP) is 3.81. The molecule has 0 radical (unpaired) electrons. The van der Waals surface area contributed by atoms with E-state index in [1.165, 1.54) is 19.2 Å². The van der Waals surface area contributed by atoms with Crippen LogP contribution in [0.3, 0.4) is 0 Å². The summed E-state index contributed by atoms with van der Waals surface area (Å²) < 4.78 is 10.7. The van der Waals surface area contributed by atoms with Crippen LogP contribution in [-0.2, 0) is 0 Å². The molecule has 0 aromatic heterocycles. The number of nitro groups is 1. The molecule has 0 heterocycles. The van der Waals surface area contributed by atoms with Crippen molar-refractivity contribution in [1.29, 1.82) is 0 Å². The van der Waals surface area contributed by atoms with Crippen molar-refractivity contribution in [3.63, 3.8) is 0 Å². The Hall–Kier alpha value is -2.87. The van der Waals surface area contributed by atoms with E-state index in [0.29, 0.717) is 28.9 Å². The predicted molar refractivity (Wildman–Crippen MR) is 97.1 cm³/mol. The van der Waals surface area contributed by atoms with Crippen LogP contribution in [0.1, 0.15) is 6.92 Å². The standard InChI is InChI=1S/C16H17N3O4S/c1-3-23-14-7-5-4-6-12(14)17-16(24)18-13-9-8-11(19(20)21)10-15(13)22-2/h4-10H,3H2,1-2H3,(H2,17,18,24). The zero-order chi connectivity index (χ0) is 17.5. The first-order valence-corrected chi connectivity index (χ1v) is 7.58. The molecule has 126 valence electrons. The minimum Gasteiger partial charge on any atom is -0.494 e. The summed E-state index contributed by atoms with van der Waals surface area (Å²) in [5.41, 5.74) is 1.19. The third kappa shape index (κ3) is 4.32. The molecule has 7 nitrogen and oxygen atoms in total. The van der Waals surface area contributed by atoms with Crippen LogP contribution in [0, 0.1) is 10.1 Å². The van der Waals surface area contributed by atoms with Gasteiger partial charge >= 0.3 is 0 Å². The Morgan fingerprint density at radius 1 is 1.17 bits per heavy atom. The fourth-order valence-electron chi connectivity index (χ4n) is 2.02. The number of thiocarbonyl (C=S) groups is 1. The van der Waals surface area contributed by atoms with Gasteiger partial charge in [-0.15, -0.1) is 0 Å². The van der Waals surface area contributed by atoms with E-state index in [2.05, 4.69) is 10.6 Å². The average molecular weight is 347 g/mol. The Labute approximate surface area is 144 Å². The third-order valence-electron chi connectivity index (χ3n) is 3.08. The van der Waals surface area contributed by atoms with Crippen LogP contribution >= 0.6 is 12.2 Å². The van der Waals surface area contributed by atoms with Crippen molar-refractivity contribution < 1.29 is 14.4 Å². The Morgan fingerprint density at radius 2 is 1.83 bits per heavy atom. The van der Waals surface area contributed by atoms with Gasteiger partial charge in [0.25, 0.3) is 5.69 Å². The Kier molecular flexibility index (Phi) is 5.91. The van der Waals surface area contributed by atoms with Gasteiger partial charge in [-0.05, 0) is 37.3 Å². The zero-order valence-electron chi connectivity index (χ0n) is 13.2. The van der Waals surface area contributed by atoms with Gasteiger partial charge in [0.1, 0.15) is 11.5 Å². The van der Waals surface area contributed by atoms with Crippen LogP contribution < -0.4 is 20.1 Å². The first-order valence-electron chi connectivity index (χ1n) is 7.17. The normalized spacial score (nSPS) is 9.92. The lowest BCUT2D eigenvalue weighted by atomic mass is 10.2. The summed E-state index contributed by atoms with van der Waals surface area (Å²) in [4.78, 5) is 10.3. The molecule has 2 rings (SSSR count). The highest BCUT2D eigenvalue weighted by Crippen LogP contribution is 2.29. The minimum absolute atomic E-state index is 0.0574. The quantitative estimate of drug-likeness (QED) is 0.467. The summed E-state index contributed by atoms with van der Waals surface area (Å²) in [6, 6.07) is 11.7. The highest BCUT2D eigenvalue weighted by Gasteiger charge is 2.13. The fourth-order valence-corrected chi connectivity index (χ4v) is 2.24.